The molecule has 1 N–H and O–H groups in total. The summed E-state index contributed by atoms with van der Waals surface area (Å²) >= 11 is 30.0. The Bertz CT molecular complexity index is 7120. The lowest BCUT2D eigenvalue weighted by Crippen LogP contribution is -2.41. The number of halogens is 6. The first kappa shape index (κ1) is 93.2. The Morgan fingerprint density at radius 2 is 0.659 bits per heavy atom. The SMILES string of the molecule is Brc1ccc2c(c1)Oc1ccccc1O2.CC1(C)OB(B2OC(C)(C)C(C)(C)O2)OC1(C)C.CC1(C)OB(c2ccc3c(c2)Oc2ccccc2O3)OC1(C)C.Clc1ccc2c(c1)Cc1cc3c(cc1-2)Oc1ccccc1O3.Clc1ccc2c(c1)[nH]c1c3c(ccc12)Oc1ccccc1O3.O=[N+]([O-])c1cc(Cl)ccc1-c1ccc2c(c1)Oc1ccccc1O2.O=[N+]([O-])c1cc(Cl)ccc1Br. The van der Waals surface area contributed by atoms with Gasteiger partial charge in [-0.3, -0.25) is 20.2 Å². The van der Waals surface area contributed by atoms with Gasteiger partial charge in [-0.25, -0.2) is 0 Å². The van der Waals surface area contributed by atoms with Crippen LogP contribution < -0.4 is 52.8 Å². The van der Waals surface area contributed by atoms with Crippen molar-refractivity contribution in [2.75, 3.05) is 0 Å². The van der Waals surface area contributed by atoms with Gasteiger partial charge < -0.3 is 80.3 Å². The molecule has 14 aromatic carbocycles. The number of aromatic amines is 1. The normalized spacial score (nSPS) is 16.1. The third-order valence-corrected chi connectivity index (χ3v) is 26.8. The minimum Gasteiger partial charge on any atom is -0.450 e. The van der Waals surface area contributed by atoms with Gasteiger partial charge in [-0.15, -0.1) is 0 Å². The van der Waals surface area contributed by atoms with Gasteiger partial charge in [0.2, 0.25) is 0 Å². The average Bonchev–Trinajstić information content (AvgIpc) is 1.65. The lowest BCUT2D eigenvalue weighted by molar-refractivity contribution is -0.385. The van der Waals surface area contributed by atoms with Crippen molar-refractivity contribution in [1.29, 1.82) is 0 Å². The Balaban J connectivity index is 0.000000106. The molecule has 0 radical (unpaired) electrons. The molecular weight excluding hydrogens is 1930 g/mol. The van der Waals surface area contributed by atoms with Crippen molar-refractivity contribution in [3.8, 4) is 137 Å². The first-order valence-corrected chi connectivity index (χ1v) is 46.1. The van der Waals surface area contributed by atoms with Gasteiger partial charge in [0.15, 0.2) is 115 Å². The summed E-state index contributed by atoms with van der Waals surface area (Å²) in [7, 11) is -1.36. The molecule has 3 saturated heterocycles. The first-order valence-electron chi connectivity index (χ1n) is 43.0. The van der Waals surface area contributed by atoms with E-state index in [0.717, 1.165) is 106 Å². The van der Waals surface area contributed by atoms with E-state index in [4.69, 9.17) is 122 Å². The van der Waals surface area contributed by atoms with Crippen molar-refractivity contribution >= 4 is 138 Å². The highest BCUT2D eigenvalue weighted by Gasteiger charge is 2.64. The maximum absolute atomic E-state index is 11.3. The number of benzene rings is 14. The summed E-state index contributed by atoms with van der Waals surface area (Å²) in [4.78, 5) is 24.0. The molecule has 1 aromatic heterocycles. The average molecular weight is 2020 g/mol. The van der Waals surface area contributed by atoms with Crippen molar-refractivity contribution in [2.45, 2.75) is 123 Å². The second kappa shape index (κ2) is 37.1. The van der Waals surface area contributed by atoms with E-state index in [2.05, 4.69) is 55.0 Å². The number of hydrogen-bond acceptors (Lipinski definition) is 20. The number of rotatable bonds is 5. The summed E-state index contributed by atoms with van der Waals surface area (Å²) in [5.74, 6) is 14.0. The predicted molar refractivity (Wildman–Crippen MR) is 531 cm³/mol. The Kier molecular flexibility index (Phi) is 25.6. The number of hydrogen-bond donors (Lipinski definition) is 1. The van der Waals surface area contributed by atoms with Crippen molar-refractivity contribution in [1.82, 2.24) is 4.98 Å². The maximum atomic E-state index is 11.3. The summed E-state index contributed by atoms with van der Waals surface area (Å²) in [6, 6.07) is 83.6. The summed E-state index contributed by atoms with van der Waals surface area (Å²) in [6.45, 7) is 24.4. The van der Waals surface area contributed by atoms with Gasteiger partial charge >= 0.3 is 21.1 Å². The zero-order valence-electron chi connectivity index (χ0n) is 74.7. The molecule has 15 aromatic rings. The number of H-pyrrole nitrogens is 1. The highest BCUT2D eigenvalue weighted by molar-refractivity contribution is 9.10. The van der Waals surface area contributed by atoms with Crippen LogP contribution in [0.5, 0.6) is 115 Å². The van der Waals surface area contributed by atoms with Gasteiger partial charge in [0.1, 0.15) is 0 Å². The van der Waals surface area contributed by atoms with E-state index < -0.39 is 31.0 Å². The van der Waals surface area contributed by atoms with Gasteiger partial charge in [0.25, 0.3) is 11.4 Å². The molecule has 8 aliphatic heterocycles. The van der Waals surface area contributed by atoms with Crippen LogP contribution >= 0.6 is 78.3 Å². The second-order valence-corrected chi connectivity index (χ2v) is 38.9. The Morgan fingerprint density at radius 3 is 1.14 bits per heavy atom. The number of nitro groups is 2. The van der Waals surface area contributed by atoms with Gasteiger partial charge in [-0.1, -0.05) is 147 Å². The molecule has 0 spiro atoms. The standard InChI is InChI=1S/C19H11ClO2.C18H19BO4.C18H10ClNO4.C18H10ClNO2.C12H24B2O4.C12H7BrO2.C6H3BrClNO2/c20-13-5-6-14-11(8-13)7-12-9-18-19(10-15(12)14)22-17-4-2-1-3-16(17)21-18;1-17(2)18(3,4)23-19(22-17)12-9-10-15-16(11-12)21-14-8-6-5-7-13(14)20-15;19-12-6-7-13(14(10-12)20(21)22)11-5-8-17-18(9-11)24-16-4-2-1-3-15(16)23-17;19-10-5-6-11-12-7-8-16-18(17(12)20-13(11)9-10)22-15-4-2-1-3-14(15)21-16;1-9(2)10(3,4)16-13(15-9)14-17-11(5,6)12(7,8)18-14;13-8-5-6-11-12(7-8)15-10-4-2-1-3-9(10)14-11;7-5-2-1-4(8)3-6(5)9(10)11/h1-6,8-10H,7H2;5-11H,1-4H3;1-10H;1-9,20H;1-8H3;1-7H;1-3H. The number of ether oxygens (including phenoxy) is 10. The molecule has 3 fully saturated rings. The molecule has 682 valence electrons. The molecular formula is C103H84B3Br2Cl4N3O20. The molecule has 135 heavy (non-hydrogen) atoms. The number of nitrogens with zero attached hydrogens (tertiary/aromatic N) is 2. The molecule has 1 aliphatic carbocycles. The lowest BCUT2D eigenvalue weighted by Gasteiger charge is -2.32. The molecule has 9 heterocycles. The van der Waals surface area contributed by atoms with E-state index in [1.54, 1.807) is 48.5 Å². The van der Waals surface area contributed by atoms with E-state index in [1.807, 2.05) is 277 Å². The summed E-state index contributed by atoms with van der Waals surface area (Å²) in [5, 5.41) is 25.9. The zero-order chi connectivity index (χ0) is 95.0. The lowest BCUT2D eigenvalue weighted by atomic mass is 9.49. The predicted octanol–water partition coefficient (Wildman–Crippen LogP) is 31.0. The number of nitrogens with one attached hydrogen (secondary N) is 1. The largest absolute Gasteiger partial charge is 0.494 e. The molecule has 9 aliphatic rings. The topological polar surface area (TPSA) is 250 Å². The Hall–Kier alpha value is -12.2. The molecule has 0 saturated carbocycles. The highest BCUT2D eigenvalue weighted by Crippen LogP contribution is 2.55. The Labute approximate surface area is 815 Å². The van der Waals surface area contributed by atoms with Gasteiger partial charge in [-0.2, -0.15) is 0 Å². The van der Waals surface area contributed by atoms with Crippen LogP contribution in [0.2, 0.25) is 20.1 Å². The molecule has 23 nitrogen and oxygen atoms in total. The van der Waals surface area contributed by atoms with Crippen LogP contribution in [0.3, 0.4) is 0 Å². The highest BCUT2D eigenvalue weighted by atomic mass is 79.9. The van der Waals surface area contributed by atoms with Gasteiger partial charge in [0.05, 0.1) is 59.0 Å². The van der Waals surface area contributed by atoms with Crippen LogP contribution in [0.1, 0.15) is 94.2 Å². The van der Waals surface area contributed by atoms with Crippen molar-refractivity contribution in [3.63, 3.8) is 0 Å². The smallest absolute Gasteiger partial charge is 0.450 e. The number of para-hydroxylation sites is 10. The van der Waals surface area contributed by atoms with Crippen LogP contribution in [-0.2, 0) is 34.3 Å². The molecule has 32 heteroatoms. The van der Waals surface area contributed by atoms with E-state index in [9.17, 15) is 20.2 Å². The van der Waals surface area contributed by atoms with Crippen LogP contribution in [0.15, 0.2) is 282 Å². The summed E-state index contributed by atoms with van der Waals surface area (Å²) in [5.41, 5.74) is 6.64. The quantitative estimate of drug-likeness (QED) is 0.0955. The monoisotopic (exact) mass is 2010 g/mol. The molecule has 24 rings (SSSR count). The van der Waals surface area contributed by atoms with Crippen LogP contribution in [0.25, 0.3) is 44.1 Å². The Morgan fingerprint density at radius 1 is 0.311 bits per heavy atom. The van der Waals surface area contributed by atoms with E-state index in [-0.39, 0.29) is 45.0 Å². The first-order chi connectivity index (χ1) is 64.4. The third kappa shape index (κ3) is 19.4. The minimum absolute atomic E-state index is 0.0162. The van der Waals surface area contributed by atoms with Crippen molar-refractivity contribution in [3.05, 3.63) is 333 Å². The van der Waals surface area contributed by atoms with Gasteiger partial charge in [-0.05, 0) is 315 Å². The van der Waals surface area contributed by atoms with Crippen LogP contribution in [0.4, 0.5) is 11.4 Å². The fourth-order valence-electron chi connectivity index (χ4n) is 15.5. The van der Waals surface area contributed by atoms with E-state index >= 15 is 0 Å². The van der Waals surface area contributed by atoms with Crippen molar-refractivity contribution < 1.29 is 85.1 Å². The summed E-state index contributed by atoms with van der Waals surface area (Å²) in [6.07, 6.45) is 0.878. The van der Waals surface area contributed by atoms with E-state index in [0.29, 0.717) is 82.4 Å². The molecule has 0 unspecified atom stereocenters. The number of fused-ring (bicyclic) bond motifs is 17. The molecule has 0 bridgehead atoms. The maximum Gasteiger partial charge on any atom is 0.494 e. The molecule has 0 amide bonds. The number of nitro benzene ring substituents is 2. The van der Waals surface area contributed by atoms with Gasteiger partial charge in [0, 0.05) is 53.0 Å². The fourth-order valence-corrected chi connectivity index (χ4v) is 16.9. The van der Waals surface area contributed by atoms with E-state index in [1.165, 1.54) is 34.4 Å². The second-order valence-electron chi connectivity index (χ2n) is 35.4. The zero-order valence-corrected chi connectivity index (χ0v) is 80.9. The minimum atomic E-state index is -0.490. The third-order valence-electron chi connectivity index (χ3n) is 24.7. The fraction of sp³-hybridized carbons (Fsp3) is 0.184. The van der Waals surface area contributed by atoms with Crippen molar-refractivity contribution in [2.24, 2.45) is 0 Å². The summed E-state index contributed by atoms with van der Waals surface area (Å²) < 4.78 is 96.2. The van der Waals surface area contributed by atoms with Crippen LogP contribution in [0, 0.1) is 20.2 Å². The molecule has 0 atom stereocenters. The van der Waals surface area contributed by atoms with Crippen LogP contribution in [-0.4, -0.2) is 69.6 Å². The number of aromatic nitrogens is 1.